The van der Waals surface area contributed by atoms with Crippen molar-refractivity contribution in [3.8, 4) is 0 Å². The van der Waals surface area contributed by atoms with E-state index < -0.39 is 45.0 Å². The zero-order chi connectivity index (χ0) is 25.8. The zero-order valence-corrected chi connectivity index (χ0v) is 21.7. The van der Waals surface area contributed by atoms with E-state index >= 15 is 0 Å². The van der Waals surface area contributed by atoms with Crippen molar-refractivity contribution in [1.82, 2.24) is 0 Å². The van der Waals surface area contributed by atoms with Crippen LogP contribution in [0.4, 0.5) is 4.79 Å². The second-order valence-electron chi connectivity index (χ2n) is 11.2. The van der Waals surface area contributed by atoms with E-state index in [0.717, 1.165) is 11.8 Å². The van der Waals surface area contributed by atoms with E-state index in [2.05, 4.69) is 13.0 Å². The molecule has 6 unspecified atom stereocenters. The number of carbonyl (C=O) groups is 3. The topological polar surface area (TPSA) is 133 Å². The predicted octanol–water partition coefficient (Wildman–Crippen LogP) is 2.95. The number of aliphatic hydroxyl groups is 1. The highest BCUT2D eigenvalue weighted by Gasteiger charge is 2.71. The van der Waals surface area contributed by atoms with Gasteiger partial charge >= 0.3 is 12.1 Å². The third kappa shape index (κ3) is 4.20. The molecule has 4 rings (SSSR count). The van der Waals surface area contributed by atoms with Gasteiger partial charge in [-0.05, 0) is 62.2 Å². The number of sulfone groups is 1. The van der Waals surface area contributed by atoms with E-state index in [1.807, 2.05) is 6.92 Å². The van der Waals surface area contributed by atoms with Crippen LogP contribution in [0.1, 0.15) is 65.7 Å². The number of hydrogen-bond donors (Lipinski definition) is 1. The van der Waals surface area contributed by atoms with E-state index in [4.69, 9.17) is 14.2 Å². The first-order valence-electron chi connectivity index (χ1n) is 12.4. The van der Waals surface area contributed by atoms with Crippen molar-refractivity contribution in [1.29, 1.82) is 0 Å². The Morgan fingerprint density at radius 3 is 2.57 bits per heavy atom. The molecular formula is C25H36O9S. The van der Waals surface area contributed by atoms with E-state index in [-0.39, 0.29) is 48.4 Å². The third-order valence-electron chi connectivity index (χ3n) is 9.24. The Kier molecular flexibility index (Phi) is 6.62. The summed E-state index contributed by atoms with van der Waals surface area (Å²) in [5, 5.41) is 11.6. The van der Waals surface area contributed by atoms with Gasteiger partial charge in [0.2, 0.25) is 5.60 Å². The van der Waals surface area contributed by atoms with Gasteiger partial charge < -0.3 is 19.3 Å². The lowest BCUT2D eigenvalue weighted by Crippen LogP contribution is -2.63. The first kappa shape index (κ1) is 26.1. The Morgan fingerprint density at radius 2 is 1.91 bits per heavy atom. The molecule has 3 saturated carbocycles. The van der Waals surface area contributed by atoms with Gasteiger partial charge in [-0.3, -0.25) is 4.79 Å². The summed E-state index contributed by atoms with van der Waals surface area (Å²) in [5.41, 5.74) is -1.96. The van der Waals surface area contributed by atoms with Gasteiger partial charge in [-0.2, -0.15) is 0 Å². The number of rotatable bonds is 5. The fourth-order valence-electron chi connectivity index (χ4n) is 7.71. The van der Waals surface area contributed by atoms with Gasteiger partial charge in [0.15, 0.2) is 15.8 Å². The van der Waals surface area contributed by atoms with Crippen molar-refractivity contribution in [2.24, 2.45) is 28.6 Å². The summed E-state index contributed by atoms with van der Waals surface area (Å²) in [5.74, 6) is -1.68. The average molecular weight is 513 g/mol. The quantitative estimate of drug-likeness (QED) is 0.436. The summed E-state index contributed by atoms with van der Waals surface area (Å²) in [6.07, 6.45) is 4.39. The van der Waals surface area contributed by atoms with Crippen LogP contribution < -0.4 is 0 Å². The summed E-state index contributed by atoms with van der Waals surface area (Å²) in [6.45, 7) is 5.62. The Hall–Kier alpha value is -1.94. The molecule has 0 aromatic rings. The van der Waals surface area contributed by atoms with Crippen LogP contribution in [0.5, 0.6) is 0 Å². The second-order valence-corrected chi connectivity index (χ2v) is 13.3. The number of ketones is 1. The Labute approximate surface area is 206 Å². The summed E-state index contributed by atoms with van der Waals surface area (Å²) in [4.78, 5) is 38.1. The molecule has 10 heteroatoms. The van der Waals surface area contributed by atoms with Crippen LogP contribution in [-0.2, 0) is 33.6 Å². The van der Waals surface area contributed by atoms with Gasteiger partial charge in [-0.15, -0.1) is 0 Å². The number of fused-ring (bicyclic) bond motifs is 5. The van der Waals surface area contributed by atoms with E-state index in [9.17, 15) is 27.9 Å². The molecule has 7 atom stereocenters. The fourth-order valence-corrected chi connectivity index (χ4v) is 8.03. The minimum Gasteiger partial charge on any atom is -0.446 e. The monoisotopic (exact) mass is 512 g/mol. The molecule has 0 heterocycles. The van der Waals surface area contributed by atoms with Gasteiger partial charge in [0.05, 0.1) is 12.7 Å². The number of aliphatic hydroxyl groups excluding tert-OH is 1. The zero-order valence-electron chi connectivity index (χ0n) is 20.9. The molecule has 4 aliphatic rings. The number of carbonyl (C=O) groups excluding carboxylic acids is 3. The maximum atomic E-state index is 13.5. The second kappa shape index (κ2) is 8.87. The molecule has 196 valence electrons. The first-order valence-corrected chi connectivity index (χ1v) is 14.4. The Bertz CT molecular complexity index is 1050. The summed E-state index contributed by atoms with van der Waals surface area (Å²) >= 11 is 0. The van der Waals surface area contributed by atoms with Crippen molar-refractivity contribution in [3.05, 3.63) is 11.6 Å². The van der Waals surface area contributed by atoms with Crippen LogP contribution in [0.15, 0.2) is 11.6 Å². The Balaban J connectivity index is 1.72. The van der Waals surface area contributed by atoms with Crippen LogP contribution in [0.2, 0.25) is 0 Å². The van der Waals surface area contributed by atoms with E-state index in [1.165, 1.54) is 0 Å². The molecule has 35 heavy (non-hydrogen) atoms. The third-order valence-corrected chi connectivity index (χ3v) is 9.79. The smallest absolute Gasteiger partial charge is 0.446 e. The molecule has 0 amide bonds. The van der Waals surface area contributed by atoms with Gasteiger partial charge in [-0.1, -0.05) is 25.5 Å². The van der Waals surface area contributed by atoms with Gasteiger partial charge in [0.1, 0.15) is 5.78 Å². The highest BCUT2D eigenvalue weighted by molar-refractivity contribution is 7.90. The molecule has 9 nitrogen and oxygen atoms in total. The van der Waals surface area contributed by atoms with Crippen LogP contribution in [0, 0.1) is 28.6 Å². The van der Waals surface area contributed by atoms with Gasteiger partial charge in [-0.25, -0.2) is 18.0 Å². The number of ether oxygens (including phenoxy) is 3. The number of hydrogen-bond acceptors (Lipinski definition) is 9. The van der Waals surface area contributed by atoms with Gasteiger partial charge in [0, 0.05) is 24.5 Å². The highest BCUT2D eigenvalue weighted by Crippen LogP contribution is 2.68. The summed E-state index contributed by atoms with van der Waals surface area (Å²) in [7, 11) is -3.62. The van der Waals surface area contributed by atoms with Crippen molar-refractivity contribution in [3.63, 3.8) is 0 Å². The maximum absolute atomic E-state index is 13.5. The lowest BCUT2D eigenvalue weighted by molar-refractivity contribution is -0.200. The molecule has 0 bridgehead atoms. The maximum Gasteiger partial charge on any atom is 0.509 e. The molecule has 3 fully saturated rings. The molecule has 0 aromatic heterocycles. The van der Waals surface area contributed by atoms with Crippen LogP contribution in [-0.4, -0.2) is 61.9 Å². The fraction of sp³-hybridized carbons (Fsp3) is 0.800. The number of allylic oxidation sites excluding steroid dienone is 2. The Morgan fingerprint density at radius 1 is 1.20 bits per heavy atom. The molecule has 0 saturated heterocycles. The van der Waals surface area contributed by atoms with Crippen molar-refractivity contribution in [2.45, 2.75) is 77.4 Å². The summed E-state index contributed by atoms with van der Waals surface area (Å²) < 4.78 is 39.3. The average Bonchev–Trinajstić information content (AvgIpc) is 3.04. The molecule has 0 spiro atoms. The van der Waals surface area contributed by atoms with Crippen LogP contribution in [0.25, 0.3) is 0 Å². The standard InChI is InChI=1S/C25H36O9S/c1-5-32-22(29)34-25(21(28)33-14-35(4,30)31)11-9-18-17-7-6-15-12-16(26)8-10-23(15,2)20(17)19(27)13-24(18,25)3/h6,17-20,27H,5,7-14H2,1-4H3/t17?,18?,19?,20?,23?,24?,25-/m0/s1. The minimum atomic E-state index is -3.62. The molecule has 0 aliphatic heterocycles. The van der Waals surface area contributed by atoms with Crippen molar-refractivity contribution < 1.29 is 42.1 Å². The van der Waals surface area contributed by atoms with Gasteiger partial charge in [0.25, 0.3) is 0 Å². The molecule has 0 aromatic carbocycles. The lowest BCUT2D eigenvalue weighted by atomic mass is 9.46. The largest absolute Gasteiger partial charge is 0.509 e. The van der Waals surface area contributed by atoms with E-state index in [0.29, 0.717) is 32.1 Å². The first-order chi connectivity index (χ1) is 16.3. The van der Waals surface area contributed by atoms with Crippen LogP contribution >= 0.6 is 0 Å². The van der Waals surface area contributed by atoms with Crippen molar-refractivity contribution >= 4 is 27.7 Å². The molecule has 0 radical (unpaired) electrons. The number of esters is 1. The number of Topliss-reactive ketones (excluding diaryl/α,β-unsaturated/α-hetero) is 1. The van der Waals surface area contributed by atoms with Crippen LogP contribution in [0.3, 0.4) is 0 Å². The van der Waals surface area contributed by atoms with Crippen molar-refractivity contribution in [2.75, 3.05) is 18.8 Å². The normalized spacial score (nSPS) is 40.6. The predicted molar refractivity (Wildman–Crippen MR) is 125 cm³/mol. The summed E-state index contributed by atoms with van der Waals surface area (Å²) in [6, 6.07) is 0. The SMILES string of the molecule is CCOC(=O)O[C@]1(C(=O)OCS(C)(=O)=O)CCC2C3CC=C4CC(=O)CCC4(C)C3C(O)CC21C. The molecule has 4 aliphatic carbocycles. The molecule has 1 N–H and O–H groups in total. The minimum absolute atomic E-state index is 0.0149. The molecular weight excluding hydrogens is 476 g/mol. The highest BCUT2D eigenvalue weighted by atomic mass is 32.2. The van der Waals surface area contributed by atoms with E-state index in [1.54, 1.807) is 6.92 Å². The lowest BCUT2D eigenvalue weighted by Gasteiger charge is -2.59.